The minimum atomic E-state index is -1.88. The molecule has 0 amide bonds. The van der Waals surface area contributed by atoms with E-state index in [1.165, 1.54) is 27.2 Å². The second-order valence-electron chi connectivity index (χ2n) is 11.8. The Morgan fingerprint density at radius 2 is 1.48 bits per heavy atom. The third-order valence-corrected chi connectivity index (χ3v) is 8.76. The van der Waals surface area contributed by atoms with Gasteiger partial charge in [0, 0.05) is 14.2 Å². The monoisotopic (exact) mass is 703 g/mol. The van der Waals surface area contributed by atoms with Crippen molar-refractivity contribution in [2.45, 2.75) is 144 Å². The Labute approximate surface area is 280 Å². The maximum Gasteiger partial charge on any atom is 0.187 e. The lowest BCUT2D eigenvalue weighted by molar-refractivity contribution is -0.361. The van der Waals surface area contributed by atoms with E-state index in [4.69, 9.17) is 28.4 Å². The van der Waals surface area contributed by atoms with Crippen molar-refractivity contribution in [1.82, 2.24) is 5.32 Å². The van der Waals surface area contributed by atoms with Crippen LogP contribution in [0.15, 0.2) is 11.6 Å². The van der Waals surface area contributed by atoms with Gasteiger partial charge in [0.25, 0.3) is 0 Å². The predicted molar refractivity (Wildman–Crippen MR) is 164 cm³/mol. The Hall–Kier alpha value is -0.980. The molecule has 0 aromatic rings. The summed E-state index contributed by atoms with van der Waals surface area (Å²) in [6.07, 6.45) is -22.7. The molecule has 3 aliphatic rings. The largest absolute Gasteiger partial charge is 0.394 e. The maximum atomic E-state index is 11.0. The lowest BCUT2D eigenvalue weighted by Crippen LogP contribution is -2.68. The van der Waals surface area contributed by atoms with E-state index in [2.05, 4.69) is 5.32 Å². The summed E-state index contributed by atoms with van der Waals surface area (Å²) in [6.45, 7) is 5.64. The molecule has 0 bridgehead atoms. The molecule has 284 valence electrons. The molecule has 0 saturated carbocycles. The molecule has 18 atom stereocenters. The third kappa shape index (κ3) is 9.87. The molecule has 0 spiro atoms. The summed E-state index contributed by atoms with van der Waals surface area (Å²) >= 11 is 0. The molecule has 14 unspecified atom stereocenters. The van der Waals surface area contributed by atoms with Gasteiger partial charge in [-0.2, -0.15) is 0 Å². The molecule has 3 rings (SSSR count). The zero-order chi connectivity index (χ0) is 36.5. The van der Waals surface area contributed by atoms with Crippen molar-refractivity contribution in [2.75, 3.05) is 34.0 Å². The third-order valence-electron chi connectivity index (χ3n) is 8.76. The van der Waals surface area contributed by atoms with Crippen molar-refractivity contribution in [1.29, 1.82) is 0 Å². The summed E-state index contributed by atoms with van der Waals surface area (Å²) < 4.78 is 33.0. The number of aliphatic hydroxyl groups is 11. The summed E-state index contributed by atoms with van der Waals surface area (Å²) in [7, 11) is 2.61. The number of hydrogen-bond acceptors (Lipinski definition) is 18. The zero-order valence-electron chi connectivity index (χ0n) is 28.2. The van der Waals surface area contributed by atoms with Crippen molar-refractivity contribution >= 4 is 0 Å². The van der Waals surface area contributed by atoms with Gasteiger partial charge in [0.05, 0.1) is 44.1 Å². The smallest absolute Gasteiger partial charge is 0.187 e. The van der Waals surface area contributed by atoms with E-state index in [0.29, 0.717) is 0 Å². The highest BCUT2D eigenvalue weighted by Gasteiger charge is 2.52. The van der Waals surface area contributed by atoms with Crippen LogP contribution in [0.5, 0.6) is 0 Å². The number of hydrogen-bond donors (Lipinski definition) is 12. The molecule has 0 aromatic heterocycles. The van der Waals surface area contributed by atoms with E-state index in [-0.39, 0.29) is 18.6 Å². The van der Waals surface area contributed by atoms with Gasteiger partial charge in [0.1, 0.15) is 73.2 Å². The normalized spacial score (nSPS) is 41.4. The first-order valence-corrected chi connectivity index (χ1v) is 16.2. The van der Waals surface area contributed by atoms with Gasteiger partial charge in [-0.25, -0.2) is 0 Å². The molecule has 18 heteroatoms. The lowest BCUT2D eigenvalue weighted by Gasteiger charge is -2.48. The van der Waals surface area contributed by atoms with E-state index in [1.807, 2.05) is 13.8 Å². The highest BCUT2D eigenvalue weighted by Crippen LogP contribution is 2.32. The van der Waals surface area contributed by atoms with E-state index in [1.54, 1.807) is 6.92 Å². The second kappa shape index (κ2) is 20.2. The summed E-state index contributed by atoms with van der Waals surface area (Å²) in [5.74, 6) is 0. The van der Waals surface area contributed by atoms with Crippen molar-refractivity contribution in [2.24, 2.45) is 0 Å². The molecule has 2 fully saturated rings. The van der Waals surface area contributed by atoms with E-state index in [0.717, 1.165) is 0 Å². The number of methoxy groups -OCH3 is 2. The molecule has 18 nitrogen and oxygen atoms in total. The summed E-state index contributed by atoms with van der Waals surface area (Å²) in [6, 6.07) is -2.02. The van der Waals surface area contributed by atoms with E-state index >= 15 is 0 Å². The number of nitrogens with one attached hydrogen (secondary N) is 1. The van der Waals surface area contributed by atoms with Crippen LogP contribution in [0.25, 0.3) is 0 Å². The van der Waals surface area contributed by atoms with Crippen LogP contribution in [-0.2, 0) is 28.4 Å². The van der Waals surface area contributed by atoms with Crippen molar-refractivity contribution in [3.63, 3.8) is 0 Å². The maximum absolute atomic E-state index is 11.0. The van der Waals surface area contributed by atoms with Crippen LogP contribution in [0, 0.1) is 0 Å². The van der Waals surface area contributed by atoms with Crippen molar-refractivity contribution in [3.05, 3.63) is 11.6 Å². The van der Waals surface area contributed by atoms with Gasteiger partial charge in [-0.05, 0) is 18.9 Å². The SMILES string of the molecule is CC.CCC(O)C(O)C(OC1OC(CO)C(OC2OC(C)C(N[C@H]3C=C(COC)[C@@H](O)[C@H](O)[C@H]3O)C(O)C2O)C(O)C1O)C(CO)OC. The van der Waals surface area contributed by atoms with Gasteiger partial charge in [-0.1, -0.05) is 26.8 Å². The van der Waals surface area contributed by atoms with Gasteiger partial charge < -0.3 is 89.9 Å². The number of aliphatic hydroxyl groups excluding tert-OH is 11. The van der Waals surface area contributed by atoms with Crippen LogP contribution < -0.4 is 5.32 Å². The van der Waals surface area contributed by atoms with Crippen LogP contribution in [0.3, 0.4) is 0 Å². The number of ether oxygens (including phenoxy) is 6. The topological polar surface area (TPSA) is 290 Å². The van der Waals surface area contributed by atoms with Crippen molar-refractivity contribution in [3.8, 4) is 0 Å². The zero-order valence-corrected chi connectivity index (χ0v) is 28.2. The minimum Gasteiger partial charge on any atom is -0.394 e. The molecular weight excluding hydrogens is 646 g/mol. The first kappa shape index (κ1) is 43.2. The van der Waals surface area contributed by atoms with Crippen LogP contribution in [0.2, 0.25) is 0 Å². The fourth-order valence-corrected chi connectivity index (χ4v) is 5.89. The Bertz CT molecular complexity index is 943. The fraction of sp³-hybridized carbons (Fsp3) is 0.933. The quantitative estimate of drug-likeness (QED) is 0.0710. The summed E-state index contributed by atoms with van der Waals surface area (Å²) in [5, 5.41) is 118. The highest BCUT2D eigenvalue weighted by atomic mass is 16.7. The van der Waals surface area contributed by atoms with Gasteiger partial charge in [0.15, 0.2) is 12.6 Å². The molecule has 0 aromatic carbocycles. The van der Waals surface area contributed by atoms with Crippen LogP contribution in [0.4, 0.5) is 0 Å². The standard InChI is InChI=1S/C28H51NO17.C2H6/c1-5-13(32)19(35)25(14(7-30)42-4)45-28-24(40)22(38)26(15(8-31)44-28)46-27-23(39)20(36)16(10(2)43-27)29-12-6-11(9-41-3)17(33)21(37)18(12)34;1-2/h6,10,12-40H,5,7-9H2,1-4H3;1-2H3/t10?,12-,13?,14?,15?,16?,17+,18-,19?,20?,21-,22?,23?,24?,25?,26?,27?,28?;/m0./s1. The van der Waals surface area contributed by atoms with Crippen molar-refractivity contribution < 1.29 is 84.6 Å². The van der Waals surface area contributed by atoms with E-state index < -0.39 is 123 Å². The second-order valence-corrected chi connectivity index (χ2v) is 11.8. The molecule has 1 aliphatic carbocycles. The van der Waals surface area contributed by atoms with Gasteiger partial charge in [-0.3, -0.25) is 0 Å². The molecule has 0 radical (unpaired) electrons. The van der Waals surface area contributed by atoms with Crippen LogP contribution >= 0.6 is 0 Å². The Balaban J connectivity index is 0.00000392. The van der Waals surface area contributed by atoms with Gasteiger partial charge in [0.2, 0.25) is 0 Å². The molecule has 2 saturated heterocycles. The van der Waals surface area contributed by atoms with Crippen LogP contribution in [-0.4, -0.2) is 200 Å². The first-order chi connectivity index (χ1) is 22.7. The average Bonchev–Trinajstić information content (AvgIpc) is 3.09. The molecule has 2 heterocycles. The predicted octanol–water partition coefficient (Wildman–Crippen LogP) is -5.18. The lowest BCUT2D eigenvalue weighted by atomic mass is 9.86. The van der Waals surface area contributed by atoms with Crippen LogP contribution in [0.1, 0.15) is 34.1 Å². The Kier molecular flexibility index (Phi) is 18.1. The Morgan fingerprint density at radius 3 is 2.02 bits per heavy atom. The fourth-order valence-electron chi connectivity index (χ4n) is 5.89. The number of rotatable bonds is 15. The Morgan fingerprint density at radius 1 is 0.854 bits per heavy atom. The molecule has 12 N–H and O–H groups in total. The molecular formula is C30H57NO17. The highest BCUT2D eigenvalue weighted by molar-refractivity contribution is 5.22. The molecule has 48 heavy (non-hydrogen) atoms. The average molecular weight is 704 g/mol. The van der Waals surface area contributed by atoms with Gasteiger partial charge >= 0.3 is 0 Å². The van der Waals surface area contributed by atoms with E-state index in [9.17, 15) is 56.2 Å². The summed E-state index contributed by atoms with van der Waals surface area (Å²) in [5.41, 5.74) is 0.289. The summed E-state index contributed by atoms with van der Waals surface area (Å²) in [4.78, 5) is 0. The minimum absolute atomic E-state index is 0.0349. The van der Waals surface area contributed by atoms with Gasteiger partial charge in [-0.15, -0.1) is 0 Å². The molecule has 2 aliphatic heterocycles. The first-order valence-electron chi connectivity index (χ1n) is 16.2.